The van der Waals surface area contributed by atoms with E-state index >= 15 is 0 Å². The summed E-state index contributed by atoms with van der Waals surface area (Å²) < 4.78 is 5.12. The maximum absolute atomic E-state index is 11.8. The summed E-state index contributed by atoms with van der Waals surface area (Å²) in [5, 5.41) is 5.28. The van der Waals surface area contributed by atoms with Gasteiger partial charge in [0.2, 0.25) is 5.91 Å². The Hall–Kier alpha value is -1.63. The number of carbonyl (C=O) groups excluding carboxylic acids is 2. The molecule has 21 heavy (non-hydrogen) atoms. The third-order valence-electron chi connectivity index (χ3n) is 2.37. The zero-order chi connectivity index (χ0) is 15.4. The molecule has 0 bridgehead atoms. The molecule has 1 amide bonds. The number of rotatable bonds is 4. The van der Waals surface area contributed by atoms with E-state index in [2.05, 4.69) is 10.3 Å². The Labute approximate surface area is 134 Å². The highest BCUT2D eigenvalue weighted by Crippen LogP contribution is 2.22. The van der Waals surface area contributed by atoms with E-state index in [0.29, 0.717) is 20.7 Å². The van der Waals surface area contributed by atoms with Crippen molar-refractivity contribution in [3.8, 4) is 0 Å². The fraction of sp³-hybridized carbons (Fsp3) is 0.154. The minimum Gasteiger partial charge on any atom is -0.456 e. The lowest BCUT2D eigenvalue weighted by Crippen LogP contribution is -2.08. The van der Waals surface area contributed by atoms with Gasteiger partial charge in [-0.2, -0.15) is 0 Å². The first-order valence-corrected chi connectivity index (χ1v) is 7.43. The SMILES string of the molecule is CC(=O)Nc1nc(C(=O)OCc2ccc(Cl)cc2Cl)cs1. The topological polar surface area (TPSA) is 68.3 Å². The summed E-state index contributed by atoms with van der Waals surface area (Å²) in [6.07, 6.45) is 0. The van der Waals surface area contributed by atoms with Gasteiger partial charge < -0.3 is 10.1 Å². The van der Waals surface area contributed by atoms with Crippen molar-refractivity contribution in [3.63, 3.8) is 0 Å². The van der Waals surface area contributed by atoms with Crippen LogP contribution in [0.1, 0.15) is 23.0 Å². The number of anilines is 1. The maximum Gasteiger partial charge on any atom is 0.358 e. The third-order valence-corrected chi connectivity index (χ3v) is 3.71. The zero-order valence-corrected chi connectivity index (χ0v) is 13.2. The lowest BCUT2D eigenvalue weighted by molar-refractivity contribution is -0.114. The second-order valence-corrected chi connectivity index (χ2v) is 5.73. The summed E-state index contributed by atoms with van der Waals surface area (Å²) in [6.45, 7) is 1.38. The average Bonchev–Trinajstić information content (AvgIpc) is 2.85. The molecular formula is C13H10Cl2N2O3S. The summed E-state index contributed by atoms with van der Waals surface area (Å²) in [4.78, 5) is 26.7. The standard InChI is InChI=1S/C13H10Cl2N2O3S/c1-7(18)16-13-17-11(6-21-13)12(19)20-5-8-2-3-9(14)4-10(8)15/h2-4,6H,5H2,1H3,(H,16,17,18). The van der Waals surface area contributed by atoms with E-state index in [1.165, 1.54) is 12.3 Å². The van der Waals surface area contributed by atoms with Gasteiger partial charge >= 0.3 is 5.97 Å². The van der Waals surface area contributed by atoms with Gasteiger partial charge in [0.15, 0.2) is 10.8 Å². The second-order valence-electron chi connectivity index (χ2n) is 4.03. The molecule has 1 heterocycles. The number of esters is 1. The maximum atomic E-state index is 11.8. The summed E-state index contributed by atoms with van der Waals surface area (Å²) in [5.74, 6) is -0.842. The Bertz CT molecular complexity index is 688. The van der Waals surface area contributed by atoms with Gasteiger partial charge in [-0.15, -0.1) is 11.3 Å². The smallest absolute Gasteiger partial charge is 0.358 e. The number of nitrogens with zero attached hydrogens (tertiary/aromatic N) is 1. The molecule has 2 aromatic rings. The van der Waals surface area contributed by atoms with Crippen LogP contribution in [-0.2, 0) is 16.1 Å². The van der Waals surface area contributed by atoms with Crippen LogP contribution in [0.3, 0.4) is 0 Å². The van der Waals surface area contributed by atoms with Crippen molar-refractivity contribution in [3.05, 3.63) is 44.9 Å². The molecule has 0 atom stereocenters. The molecule has 0 saturated carbocycles. The molecule has 8 heteroatoms. The predicted octanol–water partition coefficient (Wildman–Crippen LogP) is 3.77. The summed E-state index contributed by atoms with van der Waals surface area (Å²) in [5.41, 5.74) is 0.778. The Kier molecular flexibility index (Phi) is 5.17. The average molecular weight is 345 g/mol. The lowest BCUT2D eigenvalue weighted by Gasteiger charge is -2.05. The summed E-state index contributed by atoms with van der Waals surface area (Å²) in [6, 6.07) is 4.92. The Morgan fingerprint density at radius 1 is 1.38 bits per heavy atom. The lowest BCUT2D eigenvalue weighted by atomic mass is 10.2. The first-order valence-electron chi connectivity index (χ1n) is 5.80. The monoisotopic (exact) mass is 344 g/mol. The van der Waals surface area contributed by atoms with E-state index in [1.54, 1.807) is 18.2 Å². The number of nitrogens with one attached hydrogen (secondary N) is 1. The van der Waals surface area contributed by atoms with Crippen molar-refractivity contribution in [2.45, 2.75) is 13.5 Å². The Balaban J connectivity index is 1.98. The highest BCUT2D eigenvalue weighted by Gasteiger charge is 2.13. The Morgan fingerprint density at radius 3 is 2.81 bits per heavy atom. The zero-order valence-electron chi connectivity index (χ0n) is 10.9. The number of benzene rings is 1. The molecule has 0 aliphatic heterocycles. The largest absolute Gasteiger partial charge is 0.456 e. The number of ether oxygens (including phenoxy) is 1. The number of halogens is 2. The number of hydrogen-bond acceptors (Lipinski definition) is 5. The van der Waals surface area contributed by atoms with Crippen molar-refractivity contribution >= 4 is 51.5 Å². The first kappa shape index (κ1) is 15.8. The number of aromatic nitrogens is 1. The summed E-state index contributed by atoms with van der Waals surface area (Å²) >= 11 is 12.9. The molecule has 1 aromatic carbocycles. The van der Waals surface area contributed by atoms with Crippen molar-refractivity contribution in [1.29, 1.82) is 0 Å². The quantitative estimate of drug-likeness (QED) is 0.857. The molecule has 0 saturated heterocycles. The molecule has 0 aliphatic rings. The van der Waals surface area contributed by atoms with Crippen LogP contribution in [0.5, 0.6) is 0 Å². The molecule has 1 aromatic heterocycles. The number of thiazole rings is 1. The molecule has 0 unspecified atom stereocenters. The number of hydrogen-bond donors (Lipinski definition) is 1. The van der Waals surface area contributed by atoms with E-state index in [1.807, 2.05) is 0 Å². The minimum atomic E-state index is -0.589. The molecule has 2 rings (SSSR count). The van der Waals surface area contributed by atoms with E-state index < -0.39 is 5.97 Å². The van der Waals surface area contributed by atoms with Crippen molar-refractivity contribution < 1.29 is 14.3 Å². The van der Waals surface area contributed by atoms with Gasteiger partial charge in [-0.05, 0) is 12.1 Å². The van der Waals surface area contributed by atoms with Crippen molar-refractivity contribution in [2.75, 3.05) is 5.32 Å². The summed E-state index contributed by atoms with van der Waals surface area (Å²) in [7, 11) is 0. The van der Waals surface area contributed by atoms with E-state index in [9.17, 15) is 9.59 Å². The van der Waals surface area contributed by atoms with Crippen LogP contribution in [0.25, 0.3) is 0 Å². The molecule has 1 N–H and O–H groups in total. The minimum absolute atomic E-state index is 0.0157. The second kappa shape index (κ2) is 6.89. The molecular weight excluding hydrogens is 335 g/mol. The third kappa shape index (κ3) is 4.42. The molecule has 5 nitrogen and oxygen atoms in total. The van der Waals surface area contributed by atoms with Gasteiger partial charge in [0.25, 0.3) is 0 Å². The van der Waals surface area contributed by atoms with Gasteiger partial charge in [0.05, 0.1) is 0 Å². The van der Waals surface area contributed by atoms with Crippen molar-refractivity contribution in [2.24, 2.45) is 0 Å². The van der Waals surface area contributed by atoms with Gasteiger partial charge in [0.1, 0.15) is 6.61 Å². The van der Waals surface area contributed by atoms with Crippen LogP contribution in [0, 0.1) is 0 Å². The molecule has 0 radical (unpaired) electrons. The highest BCUT2D eigenvalue weighted by atomic mass is 35.5. The van der Waals surface area contributed by atoms with Crippen LogP contribution < -0.4 is 5.32 Å². The van der Waals surface area contributed by atoms with E-state index in [-0.39, 0.29) is 18.2 Å². The number of amides is 1. The molecule has 0 aliphatic carbocycles. The fourth-order valence-corrected chi connectivity index (χ4v) is 2.62. The molecule has 0 fully saturated rings. The fourth-order valence-electron chi connectivity index (χ4n) is 1.43. The Morgan fingerprint density at radius 2 is 2.14 bits per heavy atom. The van der Waals surface area contributed by atoms with Gasteiger partial charge in [-0.3, -0.25) is 4.79 Å². The normalized spacial score (nSPS) is 10.2. The van der Waals surface area contributed by atoms with E-state index in [4.69, 9.17) is 27.9 Å². The van der Waals surface area contributed by atoms with Crippen LogP contribution in [0.15, 0.2) is 23.6 Å². The van der Waals surface area contributed by atoms with Crippen LogP contribution in [-0.4, -0.2) is 16.9 Å². The van der Waals surface area contributed by atoms with Gasteiger partial charge in [0, 0.05) is 27.9 Å². The van der Waals surface area contributed by atoms with Crippen LogP contribution in [0.2, 0.25) is 10.0 Å². The molecule has 110 valence electrons. The first-order chi connectivity index (χ1) is 9.95. The predicted molar refractivity (Wildman–Crippen MR) is 82.0 cm³/mol. The van der Waals surface area contributed by atoms with Crippen LogP contribution >= 0.6 is 34.5 Å². The highest BCUT2D eigenvalue weighted by molar-refractivity contribution is 7.14. The van der Waals surface area contributed by atoms with Crippen molar-refractivity contribution in [1.82, 2.24) is 4.98 Å². The molecule has 0 spiro atoms. The van der Waals surface area contributed by atoms with Crippen LogP contribution in [0.4, 0.5) is 5.13 Å². The van der Waals surface area contributed by atoms with E-state index in [0.717, 1.165) is 11.3 Å². The van der Waals surface area contributed by atoms with Gasteiger partial charge in [-0.25, -0.2) is 9.78 Å². The number of carbonyl (C=O) groups is 2. The van der Waals surface area contributed by atoms with Gasteiger partial charge in [-0.1, -0.05) is 29.3 Å².